The average Bonchev–Trinajstić information content (AvgIpc) is 2.27. The first kappa shape index (κ1) is 11.3. The number of rotatable bonds is 2. The van der Waals surface area contributed by atoms with Gasteiger partial charge in [0.05, 0.1) is 0 Å². The number of halogens is 1. The van der Waals surface area contributed by atoms with Crippen molar-refractivity contribution in [3.63, 3.8) is 0 Å². The zero-order valence-corrected chi connectivity index (χ0v) is 10.8. The standard InChI is InChI=1S/C12H9IO3/c1-7(14)10-5-9-4-8(6-13)2-3-11(9)16-12(10)15/h2-5H,6H2,1H3. The highest BCUT2D eigenvalue weighted by Crippen LogP contribution is 2.17. The van der Waals surface area contributed by atoms with Crippen LogP contribution in [0.15, 0.2) is 33.5 Å². The lowest BCUT2D eigenvalue weighted by atomic mass is 10.1. The van der Waals surface area contributed by atoms with Crippen LogP contribution < -0.4 is 5.63 Å². The first-order valence-electron chi connectivity index (χ1n) is 4.75. The molecule has 0 radical (unpaired) electrons. The summed E-state index contributed by atoms with van der Waals surface area (Å²) in [4.78, 5) is 22.6. The van der Waals surface area contributed by atoms with Crippen LogP contribution in [0.4, 0.5) is 0 Å². The maximum Gasteiger partial charge on any atom is 0.347 e. The van der Waals surface area contributed by atoms with Crippen LogP contribution >= 0.6 is 22.6 Å². The predicted octanol–water partition coefficient (Wildman–Crippen LogP) is 2.93. The van der Waals surface area contributed by atoms with Crippen LogP contribution in [0, 0.1) is 0 Å². The molecule has 0 unspecified atom stereocenters. The van der Waals surface area contributed by atoms with Gasteiger partial charge < -0.3 is 4.42 Å². The summed E-state index contributed by atoms with van der Waals surface area (Å²) >= 11 is 2.26. The SMILES string of the molecule is CC(=O)c1cc2cc(CI)ccc2oc1=O. The maximum absolute atomic E-state index is 11.4. The molecule has 0 aliphatic carbocycles. The Morgan fingerprint density at radius 3 is 2.75 bits per heavy atom. The molecule has 2 rings (SSSR count). The molecule has 82 valence electrons. The summed E-state index contributed by atoms with van der Waals surface area (Å²) in [6.45, 7) is 1.36. The van der Waals surface area contributed by atoms with E-state index in [0.29, 0.717) is 5.58 Å². The molecule has 0 aliphatic heterocycles. The first-order chi connectivity index (χ1) is 7.61. The van der Waals surface area contributed by atoms with Crippen molar-refractivity contribution in [3.05, 3.63) is 45.8 Å². The summed E-state index contributed by atoms with van der Waals surface area (Å²) in [6.07, 6.45) is 0. The van der Waals surface area contributed by atoms with E-state index in [0.717, 1.165) is 15.4 Å². The Bertz CT molecular complexity index is 613. The van der Waals surface area contributed by atoms with Gasteiger partial charge in [-0.15, -0.1) is 0 Å². The fraction of sp³-hybridized carbons (Fsp3) is 0.167. The molecular weight excluding hydrogens is 319 g/mol. The van der Waals surface area contributed by atoms with Crippen molar-refractivity contribution < 1.29 is 9.21 Å². The van der Waals surface area contributed by atoms with Gasteiger partial charge in [0.25, 0.3) is 0 Å². The van der Waals surface area contributed by atoms with Crippen molar-refractivity contribution in [1.82, 2.24) is 0 Å². The van der Waals surface area contributed by atoms with Gasteiger partial charge in [0.1, 0.15) is 11.1 Å². The second kappa shape index (κ2) is 4.37. The summed E-state index contributed by atoms with van der Waals surface area (Å²) in [5.41, 5.74) is 1.19. The van der Waals surface area contributed by atoms with E-state index in [2.05, 4.69) is 22.6 Å². The summed E-state index contributed by atoms with van der Waals surface area (Å²) < 4.78 is 5.95. The lowest BCUT2D eigenvalue weighted by molar-refractivity contribution is 0.101. The molecule has 0 spiro atoms. The molecule has 1 heterocycles. The second-order valence-corrected chi connectivity index (χ2v) is 4.27. The molecular formula is C12H9IO3. The van der Waals surface area contributed by atoms with E-state index in [1.165, 1.54) is 6.92 Å². The fourth-order valence-corrected chi connectivity index (χ4v) is 1.98. The summed E-state index contributed by atoms with van der Waals surface area (Å²) in [5.74, 6) is -0.268. The number of hydrogen-bond donors (Lipinski definition) is 0. The Hall–Kier alpha value is -1.17. The lowest BCUT2D eigenvalue weighted by Crippen LogP contribution is -2.10. The van der Waals surface area contributed by atoms with Crippen molar-refractivity contribution in [2.24, 2.45) is 0 Å². The molecule has 0 aliphatic rings. The van der Waals surface area contributed by atoms with E-state index < -0.39 is 5.63 Å². The number of carbonyl (C=O) groups is 1. The number of Topliss-reactive ketones (excluding diaryl/α,β-unsaturated/α-hetero) is 1. The van der Waals surface area contributed by atoms with Crippen LogP contribution in [-0.4, -0.2) is 5.78 Å². The minimum Gasteiger partial charge on any atom is -0.422 e. The Morgan fingerprint density at radius 1 is 1.38 bits per heavy atom. The van der Waals surface area contributed by atoms with Gasteiger partial charge in [-0.3, -0.25) is 4.79 Å². The Balaban J connectivity index is 2.75. The quantitative estimate of drug-likeness (QED) is 0.369. The summed E-state index contributed by atoms with van der Waals surface area (Å²) in [6, 6.07) is 7.19. The number of fused-ring (bicyclic) bond motifs is 1. The van der Waals surface area contributed by atoms with Gasteiger partial charge in [0, 0.05) is 9.81 Å². The van der Waals surface area contributed by atoms with E-state index in [9.17, 15) is 9.59 Å². The van der Waals surface area contributed by atoms with Crippen LogP contribution in [0.3, 0.4) is 0 Å². The molecule has 1 aromatic heterocycles. The normalized spacial score (nSPS) is 10.6. The van der Waals surface area contributed by atoms with E-state index in [-0.39, 0.29) is 11.3 Å². The van der Waals surface area contributed by atoms with Crippen molar-refractivity contribution in [2.75, 3.05) is 0 Å². The van der Waals surface area contributed by atoms with Crippen LogP contribution in [0.5, 0.6) is 0 Å². The van der Waals surface area contributed by atoms with Crippen molar-refractivity contribution >= 4 is 39.3 Å². The van der Waals surface area contributed by atoms with Gasteiger partial charge in [-0.25, -0.2) is 4.79 Å². The van der Waals surface area contributed by atoms with Gasteiger partial charge in [-0.2, -0.15) is 0 Å². The Kier molecular flexibility index (Phi) is 3.09. The molecule has 0 bridgehead atoms. The summed E-state index contributed by atoms with van der Waals surface area (Å²) in [5, 5.41) is 0.791. The van der Waals surface area contributed by atoms with E-state index in [1.807, 2.05) is 12.1 Å². The van der Waals surface area contributed by atoms with Gasteiger partial charge >= 0.3 is 5.63 Å². The highest BCUT2D eigenvalue weighted by atomic mass is 127. The van der Waals surface area contributed by atoms with Crippen LogP contribution in [0.1, 0.15) is 22.8 Å². The molecule has 3 nitrogen and oxygen atoms in total. The molecule has 0 saturated carbocycles. The van der Waals surface area contributed by atoms with Gasteiger partial charge in [0.15, 0.2) is 5.78 Å². The largest absolute Gasteiger partial charge is 0.422 e. The molecule has 1 aromatic carbocycles. The van der Waals surface area contributed by atoms with E-state index in [4.69, 9.17) is 4.42 Å². The highest BCUT2D eigenvalue weighted by Gasteiger charge is 2.09. The van der Waals surface area contributed by atoms with E-state index in [1.54, 1.807) is 12.1 Å². The van der Waals surface area contributed by atoms with E-state index >= 15 is 0 Å². The monoisotopic (exact) mass is 328 g/mol. The molecule has 0 amide bonds. The third kappa shape index (κ3) is 2.02. The third-order valence-corrected chi connectivity index (χ3v) is 3.21. The van der Waals surface area contributed by atoms with Crippen molar-refractivity contribution in [3.8, 4) is 0 Å². The zero-order valence-electron chi connectivity index (χ0n) is 8.62. The first-order valence-corrected chi connectivity index (χ1v) is 6.28. The minimum absolute atomic E-state index is 0.109. The van der Waals surface area contributed by atoms with Gasteiger partial charge in [-0.1, -0.05) is 28.7 Å². The number of benzene rings is 1. The maximum atomic E-state index is 11.4. The Labute approximate surface area is 106 Å². The molecule has 0 fully saturated rings. The molecule has 0 atom stereocenters. The van der Waals surface area contributed by atoms with Crippen LogP contribution in [-0.2, 0) is 4.43 Å². The zero-order chi connectivity index (χ0) is 11.7. The lowest BCUT2D eigenvalue weighted by Gasteiger charge is -2.01. The minimum atomic E-state index is -0.567. The topological polar surface area (TPSA) is 47.3 Å². The van der Waals surface area contributed by atoms with Gasteiger partial charge in [-0.05, 0) is 30.7 Å². The van der Waals surface area contributed by atoms with Crippen molar-refractivity contribution in [2.45, 2.75) is 11.4 Å². The predicted molar refractivity (Wildman–Crippen MR) is 70.2 cm³/mol. The molecule has 16 heavy (non-hydrogen) atoms. The number of alkyl halides is 1. The molecule has 2 aromatic rings. The van der Waals surface area contributed by atoms with Crippen LogP contribution in [0.25, 0.3) is 11.0 Å². The molecule has 4 heteroatoms. The molecule has 0 saturated heterocycles. The van der Waals surface area contributed by atoms with Crippen molar-refractivity contribution in [1.29, 1.82) is 0 Å². The number of carbonyl (C=O) groups excluding carboxylic acids is 1. The Morgan fingerprint density at radius 2 is 2.12 bits per heavy atom. The number of ketones is 1. The molecule has 0 N–H and O–H groups in total. The second-order valence-electron chi connectivity index (χ2n) is 3.51. The third-order valence-electron chi connectivity index (χ3n) is 2.33. The number of hydrogen-bond acceptors (Lipinski definition) is 3. The average molecular weight is 328 g/mol. The van der Waals surface area contributed by atoms with Gasteiger partial charge in [0.2, 0.25) is 0 Å². The summed E-state index contributed by atoms with van der Waals surface area (Å²) in [7, 11) is 0. The fourth-order valence-electron chi connectivity index (χ4n) is 1.50. The smallest absolute Gasteiger partial charge is 0.347 e. The highest BCUT2D eigenvalue weighted by molar-refractivity contribution is 14.1. The van der Waals surface area contributed by atoms with Crippen LogP contribution in [0.2, 0.25) is 0 Å².